The van der Waals surface area contributed by atoms with Gasteiger partial charge in [0.2, 0.25) is 5.91 Å². The van der Waals surface area contributed by atoms with E-state index in [1.165, 1.54) is 16.8 Å². The average Bonchev–Trinajstić information content (AvgIpc) is 2.40. The number of hydrogen-bond donors (Lipinski definition) is 2. The minimum Gasteiger partial charge on any atom is -0.384 e. The maximum Gasteiger partial charge on any atom is 0.221 e. The normalized spacial score (nSPS) is 10.7. The van der Waals surface area contributed by atoms with Gasteiger partial charge in [0.15, 0.2) is 0 Å². The Kier molecular flexibility index (Phi) is 7.09. The predicted molar refractivity (Wildman–Crippen MR) is 85.2 cm³/mol. The van der Waals surface area contributed by atoms with Crippen LogP contribution in [0.2, 0.25) is 0 Å². The molecule has 1 aromatic rings. The number of nitrogens with one attached hydrogen (secondary N) is 2. The van der Waals surface area contributed by atoms with Crippen molar-refractivity contribution in [2.45, 2.75) is 26.7 Å². The van der Waals surface area contributed by atoms with Gasteiger partial charge in [-0.2, -0.15) is 0 Å². The standard InChI is InChI=1S/C16H27N3O/c1-5-14-8-6-7-13(2)16(14)18-10-9-15(20)17-11-12-19(3)4/h6-8,18H,5,9-12H2,1-4H3,(H,17,20). The number of nitrogens with zero attached hydrogens (tertiary/aromatic N) is 1. The van der Waals surface area contributed by atoms with Crippen molar-refractivity contribution in [3.05, 3.63) is 29.3 Å². The molecular formula is C16H27N3O. The minimum atomic E-state index is 0.103. The van der Waals surface area contributed by atoms with E-state index in [4.69, 9.17) is 0 Å². The molecule has 1 amide bonds. The number of anilines is 1. The molecule has 0 aliphatic rings. The summed E-state index contributed by atoms with van der Waals surface area (Å²) in [6.45, 7) is 6.49. The number of amides is 1. The number of carbonyl (C=O) groups is 1. The lowest BCUT2D eigenvalue weighted by molar-refractivity contribution is -0.120. The highest BCUT2D eigenvalue weighted by atomic mass is 16.1. The lowest BCUT2D eigenvalue weighted by atomic mass is 10.1. The molecule has 0 aromatic heterocycles. The molecule has 112 valence electrons. The molecule has 1 rings (SSSR count). The minimum absolute atomic E-state index is 0.103. The number of aryl methyl sites for hydroxylation is 2. The van der Waals surface area contributed by atoms with E-state index in [1.54, 1.807) is 0 Å². The molecule has 0 saturated heterocycles. The van der Waals surface area contributed by atoms with Gasteiger partial charge in [-0.05, 0) is 38.6 Å². The van der Waals surface area contributed by atoms with Crippen LogP contribution >= 0.6 is 0 Å². The topological polar surface area (TPSA) is 44.4 Å². The third-order valence-corrected chi connectivity index (χ3v) is 3.28. The molecule has 0 aliphatic heterocycles. The fraction of sp³-hybridized carbons (Fsp3) is 0.562. The van der Waals surface area contributed by atoms with E-state index in [9.17, 15) is 4.79 Å². The Morgan fingerprint density at radius 2 is 2.00 bits per heavy atom. The second-order valence-corrected chi connectivity index (χ2v) is 5.29. The van der Waals surface area contributed by atoms with E-state index in [1.807, 2.05) is 14.1 Å². The van der Waals surface area contributed by atoms with Crippen LogP contribution in [0.1, 0.15) is 24.5 Å². The first-order valence-corrected chi connectivity index (χ1v) is 7.28. The number of likely N-dealkylation sites (N-methyl/N-ethyl adjacent to an activating group) is 1. The third-order valence-electron chi connectivity index (χ3n) is 3.28. The molecule has 0 aliphatic carbocycles. The molecule has 2 N–H and O–H groups in total. The number of carbonyl (C=O) groups excluding carboxylic acids is 1. The van der Waals surface area contributed by atoms with Crippen LogP contribution in [0.25, 0.3) is 0 Å². The summed E-state index contributed by atoms with van der Waals surface area (Å²) in [5.41, 5.74) is 3.71. The summed E-state index contributed by atoms with van der Waals surface area (Å²) >= 11 is 0. The fourth-order valence-electron chi connectivity index (χ4n) is 2.08. The molecule has 0 heterocycles. The van der Waals surface area contributed by atoms with Gasteiger partial charge in [-0.15, -0.1) is 0 Å². The van der Waals surface area contributed by atoms with E-state index in [2.05, 4.69) is 47.6 Å². The average molecular weight is 277 g/mol. The molecule has 4 nitrogen and oxygen atoms in total. The molecular weight excluding hydrogens is 250 g/mol. The highest BCUT2D eigenvalue weighted by Crippen LogP contribution is 2.20. The van der Waals surface area contributed by atoms with Gasteiger partial charge in [0, 0.05) is 31.7 Å². The van der Waals surface area contributed by atoms with Gasteiger partial charge in [-0.1, -0.05) is 25.1 Å². The van der Waals surface area contributed by atoms with Crippen LogP contribution < -0.4 is 10.6 Å². The summed E-state index contributed by atoms with van der Waals surface area (Å²) in [6, 6.07) is 6.30. The quantitative estimate of drug-likeness (QED) is 0.764. The van der Waals surface area contributed by atoms with Crippen molar-refractivity contribution in [3.63, 3.8) is 0 Å². The van der Waals surface area contributed by atoms with Crippen molar-refractivity contribution < 1.29 is 4.79 Å². The van der Waals surface area contributed by atoms with Crippen molar-refractivity contribution in [1.82, 2.24) is 10.2 Å². The zero-order chi connectivity index (χ0) is 15.0. The van der Waals surface area contributed by atoms with Crippen molar-refractivity contribution in [2.24, 2.45) is 0 Å². The van der Waals surface area contributed by atoms with Crippen LogP contribution in [-0.4, -0.2) is 44.5 Å². The molecule has 4 heteroatoms. The summed E-state index contributed by atoms with van der Waals surface area (Å²) in [4.78, 5) is 13.7. The highest BCUT2D eigenvalue weighted by molar-refractivity contribution is 5.76. The number of benzene rings is 1. The van der Waals surface area contributed by atoms with Gasteiger partial charge < -0.3 is 15.5 Å². The molecule has 0 unspecified atom stereocenters. The van der Waals surface area contributed by atoms with Gasteiger partial charge in [0.25, 0.3) is 0 Å². The van der Waals surface area contributed by atoms with E-state index in [-0.39, 0.29) is 5.91 Å². The molecule has 0 spiro atoms. The summed E-state index contributed by atoms with van der Waals surface area (Å²) in [5.74, 6) is 0.103. The van der Waals surface area contributed by atoms with Gasteiger partial charge in [-0.25, -0.2) is 0 Å². The third kappa shape index (κ3) is 5.61. The Morgan fingerprint density at radius 3 is 2.65 bits per heavy atom. The van der Waals surface area contributed by atoms with Crippen LogP contribution in [0.15, 0.2) is 18.2 Å². The van der Waals surface area contributed by atoms with Crippen molar-refractivity contribution in [2.75, 3.05) is 39.0 Å². The zero-order valence-electron chi connectivity index (χ0n) is 13.1. The molecule has 1 aromatic carbocycles. The van der Waals surface area contributed by atoms with Crippen LogP contribution in [0.4, 0.5) is 5.69 Å². The number of para-hydroxylation sites is 1. The van der Waals surface area contributed by atoms with Crippen molar-refractivity contribution in [3.8, 4) is 0 Å². The smallest absolute Gasteiger partial charge is 0.221 e. The number of rotatable bonds is 8. The molecule has 0 fully saturated rings. The van der Waals surface area contributed by atoms with E-state index in [0.717, 1.165) is 13.0 Å². The van der Waals surface area contributed by atoms with E-state index >= 15 is 0 Å². The summed E-state index contributed by atoms with van der Waals surface area (Å²) in [7, 11) is 4.00. The number of hydrogen-bond acceptors (Lipinski definition) is 3. The van der Waals surface area contributed by atoms with Gasteiger partial charge in [0.05, 0.1) is 0 Å². The Morgan fingerprint density at radius 1 is 1.25 bits per heavy atom. The SMILES string of the molecule is CCc1cccc(C)c1NCCC(=O)NCCN(C)C. The monoisotopic (exact) mass is 277 g/mol. The maximum atomic E-state index is 11.7. The molecule has 0 saturated carbocycles. The predicted octanol–water partition coefficient (Wildman–Crippen LogP) is 2.04. The zero-order valence-corrected chi connectivity index (χ0v) is 13.1. The summed E-state index contributed by atoms with van der Waals surface area (Å²) in [5, 5.41) is 6.31. The summed E-state index contributed by atoms with van der Waals surface area (Å²) in [6.07, 6.45) is 1.50. The first-order valence-electron chi connectivity index (χ1n) is 7.28. The largest absolute Gasteiger partial charge is 0.384 e. The Labute approximate surface area is 122 Å². The second-order valence-electron chi connectivity index (χ2n) is 5.29. The molecule has 0 atom stereocenters. The van der Waals surface area contributed by atoms with Crippen LogP contribution in [0, 0.1) is 6.92 Å². The molecule has 0 bridgehead atoms. The lowest BCUT2D eigenvalue weighted by Gasteiger charge is -2.14. The van der Waals surface area contributed by atoms with Crippen molar-refractivity contribution >= 4 is 11.6 Å². The maximum absolute atomic E-state index is 11.7. The Hall–Kier alpha value is -1.55. The second kappa shape index (κ2) is 8.59. The molecule has 20 heavy (non-hydrogen) atoms. The first-order chi connectivity index (χ1) is 9.54. The van der Waals surface area contributed by atoms with Crippen LogP contribution in [0.3, 0.4) is 0 Å². The van der Waals surface area contributed by atoms with Gasteiger partial charge in [-0.3, -0.25) is 4.79 Å². The summed E-state index contributed by atoms with van der Waals surface area (Å²) < 4.78 is 0. The van der Waals surface area contributed by atoms with Crippen LogP contribution in [0.5, 0.6) is 0 Å². The van der Waals surface area contributed by atoms with Crippen molar-refractivity contribution in [1.29, 1.82) is 0 Å². The lowest BCUT2D eigenvalue weighted by Crippen LogP contribution is -2.32. The van der Waals surface area contributed by atoms with Gasteiger partial charge >= 0.3 is 0 Å². The molecule has 0 radical (unpaired) electrons. The van der Waals surface area contributed by atoms with Crippen LogP contribution in [-0.2, 0) is 11.2 Å². The first kappa shape index (κ1) is 16.5. The van der Waals surface area contributed by atoms with E-state index in [0.29, 0.717) is 19.5 Å². The van der Waals surface area contributed by atoms with Gasteiger partial charge in [0.1, 0.15) is 0 Å². The Balaban J connectivity index is 2.35. The highest BCUT2D eigenvalue weighted by Gasteiger charge is 2.05. The van der Waals surface area contributed by atoms with E-state index < -0.39 is 0 Å². The Bertz CT molecular complexity index is 430. The fourth-order valence-corrected chi connectivity index (χ4v) is 2.08.